The Balaban J connectivity index is 2.26. The van der Waals surface area contributed by atoms with Gasteiger partial charge < -0.3 is 5.32 Å². The second-order valence-corrected chi connectivity index (χ2v) is 6.08. The van der Waals surface area contributed by atoms with E-state index in [1.807, 2.05) is 0 Å². The first-order chi connectivity index (χ1) is 7.98. The van der Waals surface area contributed by atoms with Crippen molar-refractivity contribution in [1.29, 1.82) is 0 Å². The zero-order valence-electron chi connectivity index (χ0n) is 11.5. The summed E-state index contributed by atoms with van der Waals surface area (Å²) in [6.45, 7) is 10.1. The van der Waals surface area contributed by atoms with E-state index in [1.54, 1.807) is 0 Å². The third-order valence-electron chi connectivity index (χ3n) is 3.65. The summed E-state index contributed by atoms with van der Waals surface area (Å²) in [6.07, 6.45) is 0. The Labute approximate surface area is 105 Å². The average Bonchev–Trinajstić information content (AvgIpc) is 2.29. The fraction of sp³-hybridized carbons (Fsp3) is 0.600. The van der Waals surface area contributed by atoms with Crippen LogP contribution in [0.2, 0.25) is 0 Å². The number of nitrogens with one attached hydrogen (secondary N) is 1. The zero-order chi connectivity index (χ0) is 12.5. The molecule has 2 rings (SSSR count). The van der Waals surface area contributed by atoms with Crippen LogP contribution in [-0.2, 0) is 5.41 Å². The summed E-state index contributed by atoms with van der Waals surface area (Å²) < 4.78 is 0. The van der Waals surface area contributed by atoms with Crippen molar-refractivity contribution in [3.8, 4) is 0 Å². The molecular formula is C15H24N2. The van der Waals surface area contributed by atoms with Crippen molar-refractivity contribution < 1.29 is 0 Å². The van der Waals surface area contributed by atoms with Crippen LogP contribution in [0.25, 0.3) is 0 Å². The molecule has 1 heterocycles. The Bertz CT molecular complexity index is 379. The molecule has 0 aromatic heterocycles. The van der Waals surface area contributed by atoms with E-state index in [0.29, 0.717) is 6.04 Å². The Morgan fingerprint density at radius 2 is 2.06 bits per heavy atom. The number of nitrogens with zero attached hydrogens (tertiary/aromatic N) is 1. The van der Waals surface area contributed by atoms with Gasteiger partial charge in [0.15, 0.2) is 0 Å². The fourth-order valence-corrected chi connectivity index (χ4v) is 2.39. The van der Waals surface area contributed by atoms with Crippen LogP contribution >= 0.6 is 0 Å². The highest BCUT2D eigenvalue weighted by Gasteiger charge is 2.22. The molecule has 1 fully saturated rings. The van der Waals surface area contributed by atoms with Gasteiger partial charge >= 0.3 is 0 Å². The Hall–Kier alpha value is -0.860. The lowest BCUT2D eigenvalue weighted by atomic mass is 9.85. The number of rotatable bonds is 1. The van der Waals surface area contributed by atoms with E-state index in [-0.39, 0.29) is 5.41 Å². The van der Waals surface area contributed by atoms with Gasteiger partial charge in [0.1, 0.15) is 0 Å². The Morgan fingerprint density at radius 3 is 2.71 bits per heavy atom. The summed E-state index contributed by atoms with van der Waals surface area (Å²) in [6, 6.07) is 9.57. The standard InChI is InChI=1S/C15H24N2/c1-15(2,3)13-7-5-6-12(10-13)14-11-16-8-9-17(14)4/h5-7,10,14,16H,8-9,11H2,1-4H3. The number of piperazine rings is 1. The first kappa shape index (κ1) is 12.6. The van der Waals surface area contributed by atoms with E-state index in [0.717, 1.165) is 19.6 Å². The Morgan fingerprint density at radius 1 is 1.29 bits per heavy atom. The van der Waals surface area contributed by atoms with Crippen LogP contribution < -0.4 is 5.32 Å². The van der Waals surface area contributed by atoms with Crippen molar-refractivity contribution in [2.24, 2.45) is 0 Å². The Kier molecular flexibility index (Phi) is 3.55. The molecule has 0 spiro atoms. The van der Waals surface area contributed by atoms with E-state index in [1.165, 1.54) is 11.1 Å². The van der Waals surface area contributed by atoms with Crippen molar-refractivity contribution in [2.75, 3.05) is 26.7 Å². The summed E-state index contributed by atoms with van der Waals surface area (Å²) in [4.78, 5) is 2.44. The van der Waals surface area contributed by atoms with E-state index in [9.17, 15) is 0 Å². The third kappa shape index (κ3) is 2.88. The number of benzene rings is 1. The SMILES string of the molecule is CN1CCNCC1c1cccc(C(C)(C)C)c1. The van der Waals surface area contributed by atoms with Gasteiger partial charge in [-0.15, -0.1) is 0 Å². The summed E-state index contributed by atoms with van der Waals surface area (Å²) in [7, 11) is 2.22. The van der Waals surface area contributed by atoms with Gasteiger partial charge in [-0.1, -0.05) is 45.0 Å². The van der Waals surface area contributed by atoms with Crippen molar-refractivity contribution in [1.82, 2.24) is 10.2 Å². The van der Waals surface area contributed by atoms with Crippen molar-refractivity contribution in [3.63, 3.8) is 0 Å². The lowest BCUT2D eigenvalue weighted by Gasteiger charge is -2.34. The molecule has 1 aromatic rings. The van der Waals surface area contributed by atoms with Gasteiger partial charge in [-0.3, -0.25) is 4.90 Å². The number of likely N-dealkylation sites (N-methyl/N-ethyl adjacent to an activating group) is 1. The van der Waals surface area contributed by atoms with Crippen LogP contribution in [0.1, 0.15) is 37.9 Å². The highest BCUT2D eigenvalue weighted by molar-refractivity contribution is 5.31. The van der Waals surface area contributed by atoms with Gasteiger partial charge in [0.2, 0.25) is 0 Å². The maximum atomic E-state index is 3.48. The second kappa shape index (κ2) is 4.79. The summed E-state index contributed by atoms with van der Waals surface area (Å²) >= 11 is 0. The average molecular weight is 232 g/mol. The van der Waals surface area contributed by atoms with Crippen LogP contribution in [0.15, 0.2) is 24.3 Å². The first-order valence-corrected chi connectivity index (χ1v) is 6.50. The molecule has 1 saturated heterocycles. The lowest BCUT2D eigenvalue weighted by Crippen LogP contribution is -2.43. The minimum Gasteiger partial charge on any atom is -0.314 e. The molecule has 0 radical (unpaired) electrons. The number of hydrogen-bond donors (Lipinski definition) is 1. The molecule has 1 aliphatic rings. The zero-order valence-corrected chi connectivity index (χ0v) is 11.5. The molecule has 1 unspecified atom stereocenters. The second-order valence-electron chi connectivity index (χ2n) is 6.08. The van der Waals surface area contributed by atoms with Crippen LogP contribution in [0.3, 0.4) is 0 Å². The van der Waals surface area contributed by atoms with E-state index in [2.05, 4.69) is 62.3 Å². The topological polar surface area (TPSA) is 15.3 Å². The van der Waals surface area contributed by atoms with Crippen LogP contribution in [-0.4, -0.2) is 31.6 Å². The highest BCUT2D eigenvalue weighted by Crippen LogP contribution is 2.27. The smallest absolute Gasteiger partial charge is 0.0470 e. The van der Waals surface area contributed by atoms with Crippen LogP contribution in [0, 0.1) is 0 Å². The molecule has 0 bridgehead atoms. The van der Waals surface area contributed by atoms with Crippen LogP contribution in [0.5, 0.6) is 0 Å². The molecule has 17 heavy (non-hydrogen) atoms. The van der Waals surface area contributed by atoms with E-state index < -0.39 is 0 Å². The van der Waals surface area contributed by atoms with Gasteiger partial charge in [-0.2, -0.15) is 0 Å². The summed E-state index contributed by atoms with van der Waals surface area (Å²) in [5.74, 6) is 0. The molecule has 1 atom stereocenters. The van der Waals surface area contributed by atoms with Gasteiger partial charge in [0.25, 0.3) is 0 Å². The minimum atomic E-state index is 0.233. The fourth-order valence-electron chi connectivity index (χ4n) is 2.39. The lowest BCUT2D eigenvalue weighted by molar-refractivity contribution is 0.202. The molecule has 2 nitrogen and oxygen atoms in total. The molecule has 1 N–H and O–H groups in total. The summed E-state index contributed by atoms with van der Waals surface area (Å²) in [5, 5.41) is 3.48. The minimum absolute atomic E-state index is 0.233. The third-order valence-corrected chi connectivity index (χ3v) is 3.65. The molecule has 2 heteroatoms. The maximum Gasteiger partial charge on any atom is 0.0470 e. The molecule has 94 valence electrons. The van der Waals surface area contributed by atoms with E-state index in [4.69, 9.17) is 0 Å². The van der Waals surface area contributed by atoms with Crippen molar-refractivity contribution in [2.45, 2.75) is 32.2 Å². The number of hydrogen-bond acceptors (Lipinski definition) is 2. The van der Waals surface area contributed by atoms with Gasteiger partial charge in [-0.25, -0.2) is 0 Å². The highest BCUT2D eigenvalue weighted by atomic mass is 15.2. The normalized spacial score (nSPS) is 22.7. The van der Waals surface area contributed by atoms with Crippen LogP contribution in [0.4, 0.5) is 0 Å². The predicted molar refractivity (Wildman–Crippen MR) is 73.4 cm³/mol. The van der Waals surface area contributed by atoms with Gasteiger partial charge in [-0.05, 0) is 23.6 Å². The van der Waals surface area contributed by atoms with Gasteiger partial charge in [0.05, 0.1) is 0 Å². The maximum absolute atomic E-state index is 3.48. The quantitative estimate of drug-likeness (QED) is 0.800. The molecule has 1 aromatic carbocycles. The summed E-state index contributed by atoms with van der Waals surface area (Å²) in [5.41, 5.74) is 3.09. The van der Waals surface area contributed by atoms with Gasteiger partial charge in [0, 0.05) is 25.7 Å². The molecule has 0 amide bonds. The van der Waals surface area contributed by atoms with Crippen molar-refractivity contribution in [3.05, 3.63) is 35.4 Å². The monoisotopic (exact) mass is 232 g/mol. The van der Waals surface area contributed by atoms with E-state index >= 15 is 0 Å². The molecular weight excluding hydrogens is 208 g/mol. The first-order valence-electron chi connectivity index (χ1n) is 6.50. The predicted octanol–water partition coefficient (Wildman–Crippen LogP) is 2.56. The molecule has 1 aliphatic heterocycles. The van der Waals surface area contributed by atoms with Crippen molar-refractivity contribution >= 4 is 0 Å². The largest absolute Gasteiger partial charge is 0.314 e. The molecule has 0 aliphatic carbocycles. The molecule has 0 saturated carbocycles.